The summed E-state index contributed by atoms with van der Waals surface area (Å²) in [5, 5.41) is 3.18. The number of nitrogens with one attached hydrogen (secondary N) is 1. The molecule has 1 aliphatic rings. The highest BCUT2D eigenvalue weighted by atomic mass is 35.5. The molecule has 3 N–H and O–H groups in total. The number of hydrogen-bond acceptors (Lipinski definition) is 3. The molecule has 1 aromatic carbocycles. The Kier molecular flexibility index (Phi) is 7.87. The summed E-state index contributed by atoms with van der Waals surface area (Å²) in [6.07, 6.45) is 1.97. The first-order valence-electron chi connectivity index (χ1n) is 7.88. The van der Waals surface area contributed by atoms with Crippen LogP contribution in [0.3, 0.4) is 0 Å². The van der Waals surface area contributed by atoms with Crippen LogP contribution in [-0.4, -0.2) is 36.5 Å². The van der Waals surface area contributed by atoms with Gasteiger partial charge in [-0.15, -0.1) is 12.4 Å². The van der Waals surface area contributed by atoms with Gasteiger partial charge in [0.05, 0.1) is 12.6 Å². The minimum atomic E-state index is 0. The fourth-order valence-corrected chi connectivity index (χ4v) is 2.83. The van der Waals surface area contributed by atoms with E-state index in [0.717, 1.165) is 25.9 Å². The van der Waals surface area contributed by atoms with Crippen LogP contribution in [0.1, 0.15) is 38.3 Å². The van der Waals surface area contributed by atoms with Crippen molar-refractivity contribution in [2.45, 2.75) is 38.8 Å². The number of halogens is 1. The zero-order chi connectivity index (χ0) is 15.2. The molecule has 124 valence electrons. The highest BCUT2D eigenvalue weighted by molar-refractivity contribution is 5.85. The summed E-state index contributed by atoms with van der Waals surface area (Å²) in [7, 11) is 0. The number of hydrogen-bond donors (Lipinski definition) is 2. The topological polar surface area (TPSA) is 58.4 Å². The second-order valence-electron chi connectivity index (χ2n) is 6.31. The fraction of sp³-hybridized carbons (Fsp3) is 0.588. The maximum atomic E-state index is 12.3. The van der Waals surface area contributed by atoms with Gasteiger partial charge in [-0.05, 0) is 24.3 Å². The molecule has 1 fully saturated rings. The lowest BCUT2D eigenvalue weighted by Crippen LogP contribution is -2.45. The second kappa shape index (κ2) is 9.13. The van der Waals surface area contributed by atoms with E-state index in [1.807, 2.05) is 18.2 Å². The third-order valence-electron chi connectivity index (χ3n) is 4.14. The Morgan fingerprint density at radius 3 is 2.41 bits per heavy atom. The van der Waals surface area contributed by atoms with Gasteiger partial charge in [-0.3, -0.25) is 9.69 Å². The van der Waals surface area contributed by atoms with Crippen molar-refractivity contribution in [1.29, 1.82) is 0 Å². The zero-order valence-corrected chi connectivity index (χ0v) is 14.3. The lowest BCUT2D eigenvalue weighted by molar-refractivity contribution is -0.123. The Balaban J connectivity index is 0.00000242. The number of benzene rings is 1. The Morgan fingerprint density at radius 1 is 1.27 bits per heavy atom. The number of likely N-dealkylation sites (tertiary alicyclic amines) is 1. The van der Waals surface area contributed by atoms with Crippen LogP contribution in [0.15, 0.2) is 30.3 Å². The molecule has 0 aromatic heterocycles. The summed E-state index contributed by atoms with van der Waals surface area (Å²) in [5.74, 6) is 0.471. The molecule has 0 bridgehead atoms. The first-order valence-corrected chi connectivity index (χ1v) is 7.88. The minimum absolute atomic E-state index is 0. The van der Waals surface area contributed by atoms with Gasteiger partial charge in [-0.2, -0.15) is 0 Å². The van der Waals surface area contributed by atoms with Crippen LogP contribution in [0.5, 0.6) is 0 Å². The smallest absolute Gasteiger partial charge is 0.234 e. The number of nitrogens with zero attached hydrogens (tertiary/aromatic N) is 1. The molecule has 0 saturated carbocycles. The standard InChI is InChI=1S/C17H27N3O.ClH/c1-13(2)17(14-6-4-3-5-7-14)19-16(21)12-20-10-8-15(18)9-11-20;/h3-7,13,15,17H,8-12,18H2,1-2H3,(H,19,21);1H. The van der Waals surface area contributed by atoms with Crippen LogP contribution in [0.25, 0.3) is 0 Å². The fourth-order valence-electron chi connectivity index (χ4n) is 2.83. The van der Waals surface area contributed by atoms with Gasteiger partial charge in [-0.25, -0.2) is 0 Å². The molecule has 4 nitrogen and oxygen atoms in total. The predicted molar refractivity (Wildman–Crippen MR) is 93.1 cm³/mol. The monoisotopic (exact) mass is 325 g/mol. The molecular formula is C17H28ClN3O. The SMILES string of the molecule is CC(C)C(NC(=O)CN1CCC(N)CC1)c1ccccc1.Cl. The Bertz CT molecular complexity index is 444. The zero-order valence-electron chi connectivity index (χ0n) is 13.5. The maximum Gasteiger partial charge on any atom is 0.234 e. The Morgan fingerprint density at radius 2 is 1.86 bits per heavy atom. The number of piperidine rings is 1. The molecule has 2 rings (SSSR count). The molecule has 22 heavy (non-hydrogen) atoms. The molecule has 1 amide bonds. The van der Waals surface area contributed by atoms with Crippen molar-refractivity contribution >= 4 is 18.3 Å². The average Bonchev–Trinajstić information content (AvgIpc) is 2.48. The first-order chi connectivity index (χ1) is 10.1. The van der Waals surface area contributed by atoms with E-state index in [2.05, 4.69) is 36.2 Å². The number of carbonyl (C=O) groups is 1. The van der Waals surface area contributed by atoms with Gasteiger partial charge >= 0.3 is 0 Å². The van der Waals surface area contributed by atoms with Gasteiger partial charge in [0.15, 0.2) is 0 Å². The van der Waals surface area contributed by atoms with E-state index in [0.29, 0.717) is 18.5 Å². The highest BCUT2D eigenvalue weighted by Crippen LogP contribution is 2.21. The average molecular weight is 326 g/mol. The lowest BCUT2D eigenvalue weighted by atomic mass is 9.96. The molecule has 0 radical (unpaired) electrons. The van der Waals surface area contributed by atoms with E-state index in [4.69, 9.17) is 5.73 Å². The van der Waals surface area contributed by atoms with Gasteiger partial charge in [0.25, 0.3) is 0 Å². The second-order valence-corrected chi connectivity index (χ2v) is 6.31. The molecule has 1 aromatic rings. The van der Waals surface area contributed by atoms with Crippen LogP contribution in [0.2, 0.25) is 0 Å². The highest BCUT2D eigenvalue weighted by Gasteiger charge is 2.21. The van der Waals surface area contributed by atoms with Gasteiger partial charge < -0.3 is 11.1 Å². The van der Waals surface area contributed by atoms with Crippen LogP contribution < -0.4 is 11.1 Å². The summed E-state index contributed by atoms with van der Waals surface area (Å²) in [4.78, 5) is 14.5. The van der Waals surface area contributed by atoms with Crippen molar-refractivity contribution in [1.82, 2.24) is 10.2 Å². The third-order valence-corrected chi connectivity index (χ3v) is 4.14. The summed E-state index contributed by atoms with van der Waals surface area (Å²) >= 11 is 0. The van der Waals surface area contributed by atoms with Crippen molar-refractivity contribution in [3.05, 3.63) is 35.9 Å². The number of nitrogens with two attached hydrogens (primary N) is 1. The number of carbonyl (C=O) groups excluding carboxylic acids is 1. The van der Waals surface area contributed by atoms with Crippen LogP contribution in [-0.2, 0) is 4.79 Å². The largest absolute Gasteiger partial charge is 0.348 e. The molecular weight excluding hydrogens is 298 g/mol. The van der Waals surface area contributed by atoms with E-state index in [-0.39, 0.29) is 24.4 Å². The summed E-state index contributed by atoms with van der Waals surface area (Å²) in [6, 6.07) is 10.6. The van der Waals surface area contributed by atoms with Crippen molar-refractivity contribution in [3.63, 3.8) is 0 Å². The van der Waals surface area contributed by atoms with Crippen LogP contribution >= 0.6 is 12.4 Å². The van der Waals surface area contributed by atoms with Crippen LogP contribution in [0, 0.1) is 5.92 Å². The molecule has 0 spiro atoms. The number of amides is 1. The van der Waals surface area contributed by atoms with E-state index in [1.165, 1.54) is 5.56 Å². The van der Waals surface area contributed by atoms with Gasteiger partial charge in [-0.1, -0.05) is 44.2 Å². The molecule has 1 unspecified atom stereocenters. The van der Waals surface area contributed by atoms with E-state index >= 15 is 0 Å². The van der Waals surface area contributed by atoms with Gasteiger partial charge in [0.2, 0.25) is 5.91 Å². The lowest BCUT2D eigenvalue weighted by Gasteiger charge is -2.30. The summed E-state index contributed by atoms with van der Waals surface area (Å²) in [5.41, 5.74) is 7.07. The van der Waals surface area contributed by atoms with Crippen LogP contribution in [0.4, 0.5) is 0 Å². The summed E-state index contributed by atoms with van der Waals surface area (Å²) in [6.45, 7) is 6.59. The first kappa shape index (κ1) is 18.9. The Labute approximate surface area is 139 Å². The normalized spacial score (nSPS) is 17.8. The van der Waals surface area contributed by atoms with Gasteiger partial charge in [0.1, 0.15) is 0 Å². The van der Waals surface area contributed by atoms with Crippen molar-refractivity contribution in [3.8, 4) is 0 Å². The molecule has 1 heterocycles. The predicted octanol–water partition coefficient (Wildman–Crippen LogP) is 2.34. The number of rotatable bonds is 5. The van der Waals surface area contributed by atoms with Gasteiger partial charge in [0, 0.05) is 19.1 Å². The molecule has 1 saturated heterocycles. The van der Waals surface area contributed by atoms with Crippen molar-refractivity contribution in [2.75, 3.05) is 19.6 Å². The minimum Gasteiger partial charge on any atom is -0.348 e. The summed E-state index contributed by atoms with van der Waals surface area (Å²) < 4.78 is 0. The van der Waals surface area contributed by atoms with Crippen molar-refractivity contribution < 1.29 is 4.79 Å². The molecule has 0 aliphatic carbocycles. The quantitative estimate of drug-likeness (QED) is 0.873. The van der Waals surface area contributed by atoms with E-state index < -0.39 is 0 Å². The maximum absolute atomic E-state index is 12.3. The van der Waals surface area contributed by atoms with E-state index in [1.54, 1.807) is 0 Å². The molecule has 5 heteroatoms. The Hall–Kier alpha value is -1.10. The van der Waals surface area contributed by atoms with E-state index in [9.17, 15) is 4.79 Å². The van der Waals surface area contributed by atoms with Crippen molar-refractivity contribution in [2.24, 2.45) is 11.7 Å². The molecule has 1 atom stereocenters. The molecule has 1 aliphatic heterocycles. The third kappa shape index (κ3) is 5.59.